The molecular weight excluding hydrogens is 288 g/mol. The summed E-state index contributed by atoms with van der Waals surface area (Å²) in [6.45, 7) is 3.92. The summed E-state index contributed by atoms with van der Waals surface area (Å²) in [6.07, 6.45) is 0.473. The third-order valence-electron chi connectivity index (χ3n) is 3.27. The van der Waals surface area contributed by atoms with Gasteiger partial charge in [0.15, 0.2) is 9.84 Å². The standard InChI is InChI=1S/C11H16N2O4S2/c1-3-13(8-4-5-19(16,17)6-8)10(14)9-7(2)12-11(15)18-9/h8H,3-6H2,1-2H3,(H,12,15). The summed E-state index contributed by atoms with van der Waals surface area (Å²) in [5.74, 6) is -0.111. The molecule has 1 atom stereocenters. The van der Waals surface area contributed by atoms with Crippen molar-refractivity contribution in [1.82, 2.24) is 9.88 Å². The molecule has 0 spiro atoms. The van der Waals surface area contributed by atoms with E-state index in [0.717, 1.165) is 11.3 Å². The fourth-order valence-electron chi connectivity index (χ4n) is 2.33. The number of hydrogen-bond donors (Lipinski definition) is 1. The Labute approximate surface area is 115 Å². The Kier molecular flexibility index (Phi) is 3.82. The normalized spacial score (nSPS) is 21.5. The molecule has 1 aromatic rings. The Morgan fingerprint density at radius 1 is 1.53 bits per heavy atom. The number of H-pyrrole nitrogens is 1. The van der Waals surface area contributed by atoms with Gasteiger partial charge in [-0.3, -0.25) is 9.59 Å². The van der Waals surface area contributed by atoms with E-state index in [1.54, 1.807) is 11.8 Å². The molecule has 0 radical (unpaired) electrons. The zero-order valence-corrected chi connectivity index (χ0v) is 12.4. The summed E-state index contributed by atoms with van der Waals surface area (Å²) in [7, 11) is -3.03. The summed E-state index contributed by atoms with van der Waals surface area (Å²) in [6, 6.07) is -0.279. The highest BCUT2D eigenvalue weighted by Crippen LogP contribution is 2.21. The molecule has 2 heterocycles. The first-order valence-corrected chi connectivity index (χ1v) is 8.69. The number of rotatable bonds is 3. The molecular formula is C11H16N2O4S2. The molecule has 1 fully saturated rings. The van der Waals surface area contributed by atoms with Gasteiger partial charge in [-0.1, -0.05) is 11.3 Å². The SMILES string of the molecule is CCN(C(=O)c1sc(=O)[nH]c1C)C1CCS(=O)(=O)C1. The summed E-state index contributed by atoms with van der Waals surface area (Å²) in [5.41, 5.74) is 0.541. The van der Waals surface area contributed by atoms with E-state index in [0.29, 0.717) is 23.5 Å². The Morgan fingerprint density at radius 3 is 2.63 bits per heavy atom. The molecule has 1 aliphatic rings. The lowest BCUT2D eigenvalue weighted by molar-refractivity contribution is 0.0712. The average Bonchev–Trinajstić information content (AvgIpc) is 2.82. The number of hydrogen-bond acceptors (Lipinski definition) is 5. The Bertz CT molecular complexity index is 644. The molecule has 6 nitrogen and oxygen atoms in total. The number of nitrogens with one attached hydrogen (secondary N) is 1. The Balaban J connectivity index is 2.26. The number of amides is 1. The van der Waals surface area contributed by atoms with E-state index >= 15 is 0 Å². The van der Waals surface area contributed by atoms with E-state index in [-0.39, 0.29) is 28.3 Å². The maximum atomic E-state index is 12.4. The van der Waals surface area contributed by atoms with Gasteiger partial charge in [0.05, 0.1) is 11.5 Å². The molecule has 0 bridgehead atoms. The van der Waals surface area contributed by atoms with Crippen molar-refractivity contribution < 1.29 is 13.2 Å². The van der Waals surface area contributed by atoms with Gasteiger partial charge in [-0.15, -0.1) is 0 Å². The molecule has 0 aromatic carbocycles. The van der Waals surface area contributed by atoms with Crippen molar-refractivity contribution in [3.63, 3.8) is 0 Å². The monoisotopic (exact) mass is 304 g/mol. The molecule has 1 amide bonds. The van der Waals surface area contributed by atoms with Crippen LogP contribution in [0.3, 0.4) is 0 Å². The smallest absolute Gasteiger partial charge is 0.305 e. The number of nitrogens with zero attached hydrogens (tertiary/aromatic N) is 1. The number of aryl methyl sites for hydroxylation is 1. The van der Waals surface area contributed by atoms with Crippen LogP contribution in [-0.4, -0.2) is 48.3 Å². The number of carbonyl (C=O) groups is 1. The number of thiazole rings is 1. The molecule has 2 rings (SSSR count). The van der Waals surface area contributed by atoms with Gasteiger partial charge in [-0.05, 0) is 20.3 Å². The lowest BCUT2D eigenvalue weighted by Crippen LogP contribution is -2.40. The lowest BCUT2D eigenvalue weighted by Gasteiger charge is -2.26. The lowest BCUT2D eigenvalue weighted by atomic mass is 10.2. The third-order valence-corrected chi connectivity index (χ3v) is 5.99. The first kappa shape index (κ1) is 14.3. The van der Waals surface area contributed by atoms with Crippen LogP contribution < -0.4 is 4.87 Å². The quantitative estimate of drug-likeness (QED) is 0.875. The van der Waals surface area contributed by atoms with Gasteiger partial charge in [0.25, 0.3) is 5.91 Å². The number of aromatic amines is 1. The molecule has 1 unspecified atom stereocenters. The third kappa shape index (κ3) is 2.89. The van der Waals surface area contributed by atoms with Gasteiger partial charge in [0.1, 0.15) is 4.88 Å². The molecule has 1 saturated heterocycles. The van der Waals surface area contributed by atoms with Crippen molar-refractivity contribution in [3.05, 3.63) is 20.2 Å². The molecule has 1 N–H and O–H groups in total. The van der Waals surface area contributed by atoms with E-state index in [1.807, 2.05) is 6.92 Å². The second-order valence-electron chi connectivity index (χ2n) is 4.62. The highest BCUT2D eigenvalue weighted by molar-refractivity contribution is 7.91. The van der Waals surface area contributed by atoms with E-state index < -0.39 is 9.84 Å². The fraction of sp³-hybridized carbons (Fsp3) is 0.636. The minimum atomic E-state index is -3.03. The van der Waals surface area contributed by atoms with Crippen LogP contribution in [0.4, 0.5) is 0 Å². The Morgan fingerprint density at radius 2 is 2.21 bits per heavy atom. The first-order valence-electron chi connectivity index (χ1n) is 6.05. The van der Waals surface area contributed by atoms with Gasteiger partial charge >= 0.3 is 4.87 Å². The second kappa shape index (κ2) is 5.09. The first-order chi connectivity index (χ1) is 8.84. The summed E-state index contributed by atoms with van der Waals surface area (Å²) in [4.78, 5) is 27.9. The molecule has 1 aliphatic heterocycles. The molecule has 0 aliphatic carbocycles. The molecule has 0 saturated carbocycles. The van der Waals surface area contributed by atoms with Gasteiger partial charge in [0, 0.05) is 18.3 Å². The zero-order chi connectivity index (χ0) is 14.2. The van der Waals surface area contributed by atoms with Crippen molar-refractivity contribution in [2.75, 3.05) is 18.1 Å². The summed E-state index contributed by atoms with van der Waals surface area (Å²) < 4.78 is 23.0. The van der Waals surface area contributed by atoms with Crippen LogP contribution in [-0.2, 0) is 9.84 Å². The fourth-order valence-corrected chi connectivity index (χ4v) is 4.86. The van der Waals surface area contributed by atoms with Crippen LogP contribution in [0.5, 0.6) is 0 Å². The van der Waals surface area contributed by atoms with Gasteiger partial charge < -0.3 is 9.88 Å². The highest BCUT2D eigenvalue weighted by Gasteiger charge is 2.35. The van der Waals surface area contributed by atoms with E-state index in [4.69, 9.17) is 0 Å². The number of sulfone groups is 1. The maximum Gasteiger partial charge on any atom is 0.305 e. The van der Waals surface area contributed by atoms with Crippen LogP contribution >= 0.6 is 11.3 Å². The molecule has 19 heavy (non-hydrogen) atoms. The summed E-state index contributed by atoms with van der Waals surface area (Å²) in [5, 5.41) is 0. The summed E-state index contributed by atoms with van der Waals surface area (Å²) >= 11 is 0.873. The number of carbonyl (C=O) groups excluding carboxylic acids is 1. The maximum absolute atomic E-state index is 12.4. The van der Waals surface area contributed by atoms with E-state index in [2.05, 4.69) is 4.98 Å². The molecule has 106 valence electrons. The second-order valence-corrected chi connectivity index (χ2v) is 7.83. The van der Waals surface area contributed by atoms with Crippen molar-refractivity contribution in [3.8, 4) is 0 Å². The van der Waals surface area contributed by atoms with Crippen LogP contribution in [0.25, 0.3) is 0 Å². The largest absolute Gasteiger partial charge is 0.334 e. The predicted molar refractivity (Wildman–Crippen MR) is 73.4 cm³/mol. The van der Waals surface area contributed by atoms with Crippen LogP contribution in [0.2, 0.25) is 0 Å². The van der Waals surface area contributed by atoms with Gasteiger partial charge in [-0.2, -0.15) is 0 Å². The van der Waals surface area contributed by atoms with Gasteiger partial charge in [-0.25, -0.2) is 8.42 Å². The van der Waals surface area contributed by atoms with Crippen molar-refractivity contribution in [1.29, 1.82) is 0 Å². The van der Waals surface area contributed by atoms with Crippen molar-refractivity contribution >= 4 is 27.1 Å². The Hall–Kier alpha value is -1.15. The van der Waals surface area contributed by atoms with E-state index in [1.165, 1.54) is 0 Å². The minimum Gasteiger partial charge on any atom is -0.334 e. The van der Waals surface area contributed by atoms with Crippen LogP contribution in [0, 0.1) is 6.92 Å². The van der Waals surface area contributed by atoms with Gasteiger partial charge in [0.2, 0.25) is 0 Å². The molecule has 8 heteroatoms. The predicted octanol–water partition coefficient (Wildman–Crippen LogP) is 0.394. The molecule has 1 aromatic heterocycles. The van der Waals surface area contributed by atoms with E-state index in [9.17, 15) is 18.0 Å². The van der Waals surface area contributed by atoms with Crippen LogP contribution in [0.1, 0.15) is 28.7 Å². The topological polar surface area (TPSA) is 87.3 Å². The van der Waals surface area contributed by atoms with Crippen molar-refractivity contribution in [2.24, 2.45) is 0 Å². The zero-order valence-electron chi connectivity index (χ0n) is 10.8. The number of aromatic nitrogens is 1. The van der Waals surface area contributed by atoms with Crippen molar-refractivity contribution in [2.45, 2.75) is 26.3 Å². The van der Waals surface area contributed by atoms with Crippen LogP contribution in [0.15, 0.2) is 4.79 Å². The highest BCUT2D eigenvalue weighted by atomic mass is 32.2. The minimum absolute atomic E-state index is 0.0188. The average molecular weight is 304 g/mol.